The molecule has 0 spiro atoms. The van der Waals surface area contributed by atoms with Gasteiger partial charge < -0.3 is 10.1 Å². The van der Waals surface area contributed by atoms with Crippen LogP contribution in [0.3, 0.4) is 0 Å². The van der Waals surface area contributed by atoms with E-state index in [9.17, 15) is 13.2 Å². The van der Waals surface area contributed by atoms with E-state index in [1.54, 1.807) is 13.8 Å². The van der Waals surface area contributed by atoms with E-state index in [1.165, 1.54) is 25.3 Å². The molecule has 1 unspecified atom stereocenters. The fourth-order valence-corrected chi connectivity index (χ4v) is 4.54. The van der Waals surface area contributed by atoms with Gasteiger partial charge in [0, 0.05) is 18.6 Å². The van der Waals surface area contributed by atoms with E-state index in [0.29, 0.717) is 18.3 Å². The molecule has 1 aromatic rings. The predicted molar refractivity (Wildman–Crippen MR) is 101 cm³/mol. The van der Waals surface area contributed by atoms with Crippen LogP contribution in [0.4, 0.5) is 0 Å². The second kappa shape index (κ2) is 8.83. The SMILES string of the molecule is CCN1CCCC1CNC(=O)c1cc(S(=O)(=O)NC(C)C)ccc1OC. The monoisotopic (exact) mass is 383 g/mol. The van der Waals surface area contributed by atoms with Crippen molar-refractivity contribution in [3.05, 3.63) is 23.8 Å². The topological polar surface area (TPSA) is 87.7 Å². The number of likely N-dealkylation sites (tertiary alicyclic amines) is 1. The van der Waals surface area contributed by atoms with E-state index >= 15 is 0 Å². The number of carbonyl (C=O) groups excluding carboxylic acids is 1. The Kier molecular flexibility index (Phi) is 7.02. The summed E-state index contributed by atoms with van der Waals surface area (Å²) in [5.41, 5.74) is 0.222. The highest BCUT2D eigenvalue weighted by atomic mass is 32.2. The van der Waals surface area contributed by atoms with Gasteiger partial charge in [0.1, 0.15) is 5.75 Å². The fourth-order valence-electron chi connectivity index (χ4n) is 3.26. The molecule has 8 heteroatoms. The number of likely N-dealkylation sites (N-methyl/N-ethyl adjacent to an activating group) is 1. The van der Waals surface area contributed by atoms with Crippen molar-refractivity contribution >= 4 is 15.9 Å². The molecule has 0 aromatic heterocycles. The van der Waals surface area contributed by atoms with Gasteiger partial charge in [0.15, 0.2) is 0 Å². The smallest absolute Gasteiger partial charge is 0.255 e. The van der Waals surface area contributed by atoms with E-state index in [2.05, 4.69) is 21.9 Å². The van der Waals surface area contributed by atoms with Crippen molar-refractivity contribution in [3.63, 3.8) is 0 Å². The normalized spacial score (nSPS) is 18.3. The first-order chi connectivity index (χ1) is 12.3. The largest absolute Gasteiger partial charge is 0.496 e. The lowest BCUT2D eigenvalue weighted by molar-refractivity contribution is 0.0938. The molecule has 1 aliphatic rings. The first-order valence-electron chi connectivity index (χ1n) is 9.01. The van der Waals surface area contributed by atoms with Gasteiger partial charge in [-0.2, -0.15) is 0 Å². The van der Waals surface area contributed by atoms with Crippen molar-refractivity contribution in [1.82, 2.24) is 14.9 Å². The fraction of sp³-hybridized carbons (Fsp3) is 0.611. The van der Waals surface area contributed by atoms with E-state index < -0.39 is 10.0 Å². The highest BCUT2D eigenvalue weighted by molar-refractivity contribution is 7.89. The Morgan fingerprint density at radius 2 is 2.12 bits per heavy atom. The van der Waals surface area contributed by atoms with Crippen molar-refractivity contribution < 1.29 is 17.9 Å². The summed E-state index contributed by atoms with van der Waals surface area (Å²) in [6, 6.07) is 4.41. The Labute approximate surface area is 156 Å². The number of nitrogens with zero attached hydrogens (tertiary/aromatic N) is 1. The lowest BCUT2D eigenvalue weighted by atomic mass is 10.1. The third kappa shape index (κ3) is 4.96. The number of amides is 1. The van der Waals surface area contributed by atoms with Crippen LogP contribution in [-0.4, -0.2) is 58.1 Å². The molecule has 0 saturated carbocycles. The first-order valence-corrected chi connectivity index (χ1v) is 10.5. The van der Waals surface area contributed by atoms with E-state index in [4.69, 9.17) is 4.74 Å². The number of carbonyl (C=O) groups is 1. The summed E-state index contributed by atoms with van der Waals surface area (Å²) >= 11 is 0. The summed E-state index contributed by atoms with van der Waals surface area (Å²) in [4.78, 5) is 15.0. The lowest BCUT2D eigenvalue weighted by Crippen LogP contribution is -2.40. The molecule has 1 saturated heterocycles. The van der Waals surface area contributed by atoms with Crippen LogP contribution in [0, 0.1) is 0 Å². The molecule has 1 atom stereocenters. The molecule has 1 heterocycles. The van der Waals surface area contributed by atoms with Crippen LogP contribution in [0.1, 0.15) is 44.0 Å². The highest BCUT2D eigenvalue weighted by Gasteiger charge is 2.25. The van der Waals surface area contributed by atoms with Crippen LogP contribution >= 0.6 is 0 Å². The zero-order valence-corrected chi connectivity index (χ0v) is 16.7. The van der Waals surface area contributed by atoms with Gasteiger partial charge in [0.05, 0.1) is 17.6 Å². The van der Waals surface area contributed by atoms with Crippen molar-refractivity contribution in [2.24, 2.45) is 0 Å². The van der Waals surface area contributed by atoms with Gasteiger partial charge in [-0.05, 0) is 58.0 Å². The maximum absolute atomic E-state index is 12.7. The van der Waals surface area contributed by atoms with Gasteiger partial charge in [0.2, 0.25) is 10.0 Å². The molecule has 1 aromatic carbocycles. The Balaban J connectivity index is 2.18. The minimum atomic E-state index is -3.68. The van der Waals surface area contributed by atoms with E-state index in [-0.39, 0.29) is 22.4 Å². The van der Waals surface area contributed by atoms with Gasteiger partial charge in [-0.1, -0.05) is 6.92 Å². The number of ether oxygens (including phenoxy) is 1. The summed E-state index contributed by atoms with van der Waals surface area (Å²) < 4.78 is 32.5. The predicted octanol–water partition coefficient (Wildman–Crippen LogP) is 1.60. The van der Waals surface area contributed by atoms with Gasteiger partial charge in [-0.25, -0.2) is 13.1 Å². The van der Waals surface area contributed by atoms with E-state index in [0.717, 1.165) is 25.9 Å². The number of benzene rings is 1. The molecule has 0 bridgehead atoms. The molecule has 7 nitrogen and oxygen atoms in total. The van der Waals surface area contributed by atoms with Crippen molar-refractivity contribution in [2.45, 2.75) is 50.6 Å². The van der Waals surface area contributed by atoms with Crippen LogP contribution in [0.15, 0.2) is 23.1 Å². The van der Waals surface area contributed by atoms with E-state index in [1.807, 2.05) is 0 Å². The van der Waals surface area contributed by atoms with Gasteiger partial charge in [-0.3, -0.25) is 9.69 Å². The summed E-state index contributed by atoms with van der Waals surface area (Å²) in [6.45, 7) is 8.15. The molecule has 0 radical (unpaired) electrons. The minimum Gasteiger partial charge on any atom is -0.496 e. The second-order valence-corrected chi connectivity index (χ2v) is 8.49. The maximum atomic E-state index is 12.7. The van der Waals surface area contributed by atoms with Crippen LogP contribution in [0.2, 0.25) is 0 Å². The maximum Gasteiger partial charge on any atom is 0.255 e. The average Bonchev–Trinajstić information content (AvgIpc) is 3.05. The van der Waals surface area contributed by atoms with Gasteiger partial charge in [0.25, 0.3) is 5.91 Å². The third-order valence-electron chi connectivity index (χ3n) is 4.52. The minimum absolute atomic E-state index is 0.0493. The van der Waals surface area contributed by atoms with Gasteiger partial charge in [-0.15, -0.1) is 0 Å². The molecule has 2 rings (SSSR count). The molecular formula is C18H29N3O4S. The molecule has 1 aliphatic heterocycles. The first kappa shape index (κ1) is 20.7. The molecule has 1 fully saturated rings. The summed E-state index contributed by atoms with van der Waals surface area (Å²) in [5.74, 6) is 0.0242. The second-order valence-electron chi connectivity index (χ2n) is 6.77. The Morgan fingerprint density at radius 3 is 2.73 bits per heavy atom. The lowest BCUT2D eigenvalue weighted by Gasteiger charge is -2.23. The number of hydrogen-bond donors (Lipinski definition) is 2. The zero-order chi connectivity index (χ0) is 19.3. The molecule has 26 heavy (non-hydrogen) atoms. The van der Waals surface area contributed by atoms with Crippen LogP contribution in [0.25, 0.3) is 0 Å². The zero-order valence-electron chi connectivity index (χ0n) is 15.9. The Hall–Kier alpha value is -1.64. The summed E-state index contributed by atoms with van der Waals surface area (Å²) in [7, 11) is -2.22. The number of rotatable bonds is 8. The highest BCUT2D eigenvalue weighted by Crippen LogP contribution is 2.23. The summed E-state index contributed by atoms with van der Waals surface area (Å²) in [5, 5.41) is 2.92. The average molecular weight is 384 g/mol. The quantitative estimate of drug-likeness (QED) is 0.712. The van der Waals surface area contributed by atoms with Crippen molar-refractivity contribution in [2.75, 3.05) is 26.7 Å². The molecule has 2 N–H and O–H groups in total. The van der Waals surface area contributed by atoms with Crippen molar-refractivity contribution in [3.8, 4) is 5.75 Å². The number of hydrogen-bond acceptors (Lipinski definition) is 5. The van der Waals surface area contributed by atoms with Crippen molar-refractivity contribution in [1.29, 1.82) is 0 Å². The third-order valence-corrected chi connectivity index (χ3v) is 6.18. The Morgan fingerprint density at radius 1 is 1.38 bits per heavy atom. The number of methoxy groups -OCH3 is 1. The van der Waals surface area contributed by atoms with Crippen LogP contribution in [-0.2, 0) is 10.0 Å². The molecule has 1 amide bonds. The number of sulfonamides is 1. The van der Waals surface area contributed by atoms with Gasteiger partial charge >= 0.3 is 0 Å². The Bertz CT molecular complexity index is 734. The molecule has 146 valence electrons. The van der Waals surface area contributed by atoms with Crippen LogP contribution in [0.5, 0.6) is 5.75 Å². The standard InChI is InChI=1S/C18H29N3O4S/c1-5-21-10-6-7-14(21)12-19-18(22)16-11-15(8-9-17(16)25-4)26(23,24)20-13(2)3/h8-9,11,13-14,20H,5-7,10,12H2,1-4H3,(H,19,22). The molecule has 0 aliphatic carbocycles. The molecular weight excluding hydrogens is 354 g/mol. The number of nitrogens with one attached hydrogen (secondary N) is 2. The summed E-state index contributed by atoms with van der Waals surface area (Å²) in [6.07, 6.45) is 2.18. The van der Waals surface area contributed by atoms with Crippen LogP contribution < -0.4 is 14.8 Å².